The molecule has 0 aliphatic rings. The van der Waals surface area contributed by atoms with Gasteiger partial charge in [0.15, 0.2) is 0 Å². The predicted octanol–water partition coefficient (Wildman–Crippen LogP) is 3.17. The Balaban J connectivity index is 1.44. The topological polar surface area (TPSA) is 67.4 Å². The third kappa shape index (κ3) is 5.45. The SMILES string of the molecule is O=C(NCCOc1ccccc1-c1ccccc1)C(=O)NCc1ccccc1. The fourth-order valence-electron chi connectivity index (χ4n) is 2.71. The summed E-state index contributed by atoms with van der Waals surface area (Å²) >= 11 is 0. The number of benzene rings is 3. The second-order valence-corrected chi connectivity index (χ2v) is 6.13. The van der Waals surface area contributed by atoms with Crippen LogP contribution >= 0.6 is 0 Å². The molecule has 3 aromatic carbocycles. The van der Waals surface area contributed by atoms with E-state index in [1.165, 1.54) is 0 Å². The first-order chi connectivity index (χ1) is 13.7. The van der Waals surface area contributed by atoms with Gasteiger partial charge in [0.05, 0.1) is 6.54 Å². The van der Waals surface area contributed by atoms with Gasteiger partial charge in [-0.15, -0.1) is 0 Å². The lowest BCUT2D eigenvalue weighted by Gasteiger charge is -2.12. The summed E-state index contributed by atoms with van der Waals surface area (Å²) in [5.74, 6) is -0.596. The van der Waals surface area contributed by atoms with Gasteiger partial charge in [-0.1, -0.05) is 78.9 Å². The van der Waals surface area contributed by atoms with Crippen molar-refractivity contribution in [3.8, 4) is 16.9 Å². The molecule has 0 heterocycles. The van der Waals surface area contributed by atoms with E-state index in [9.17, 15) is 9.59 Å². The summed E-state index contributed by atoms with van der Waals surface area (Å²) in [5, 5.41) is 5.17. The zero-order valence-corrected chi connectivity index (χ0v) is 15.4. The van der Waals surface area contributed by atoms with Gasteiger partial charge in [-0.05, 0) is 17.2 Å². The van der Waals surface area contributed by atoms with E-state index in [2.05, 4.69) is 10.6 Å². The molecule has 2 N–H and O–H groups in total. The first-order valence-corrected chi connectivity index (χ1v) is 9.11. The highest BCUT2D eigenvalue weighted by Gasteiger charge is 2.12. The highest BCUT2D eigenvalue weighted by atomic mass is 16.5. The molecule has 0 atom stereocenters. The molecule has 0 spiro atoms. The van der Waals surface area contributed by atoms with Crippen molar-refractivity contribution in [1.29, 1.82) is 0 Å². The summed E-state index contributed by atoms with van der Waals surface area (Å²) in [6, 6.07) is 27.1. The predicted molar refractivity (Wildman–Crippen MR) is 109 cm³/mol. The lowest BCUT2D eigenvalue weighted by Crippen LogP contribution is -2.41. The second-order valence-electron chi connectivity index (χ2n) is 6.13. The Labute approximate surface area is 164 Å². The van der Waals surface area contributed by atoms with Crippen molar-refractivity contribution in [2.75, 3.05) is 13.2 Å². The summed E-state index contributed by atoms with van der Waals surface area (Å²) in [6.07, 6.45) is 0. The molecule has 142 valence electrons. The molecule has 0 saturated carbocycles. The molecule has 0 aliphatic heterocycles. The van der Waals surface area contributed by atoms with Gasteiger partial charge in [0, 0.05) is 12.1 Å². The molecule has 3 aromatic rings. The Morgan fingerprint density at radius 3 is 2.07 bits per heavy atom. The molecular formula is C23H22N2O3. The zero-order chi connectivity index (χ0) is 19.6. The Morgan fingerprint density at radius 2 is 1.32 bits per heavy atom. The third-order valence-electron chi connectivity index (χ3n) is 4.12. The summed E-state index contributed by atoms with van der Waals surface area (Å²) < 4.78 is 5.80. The smallest absolute Gasteiger partial charge is 0.309 e. The average Bonchev–Trinajstić information content (AvgIpc) is 2.76. The number of para-hydroxylation sites is 1. The van der Waals surface area contributed by atoms with Gasteiger partial charge in [0.2, 0.25) is 0 Å². The van der Waals surface area contributed by atoms with Crippen LogP contribution in [-0.4, -0.2) is 25.0 Å². The molecule has 0 aliphatic carbocycles. The van der Waals surface area contributed by atoms with Gasteiger partial charge in [0.25, 0.3) is 0 Å². The van der Waals surface area contributed by atoms with E-state index in [-0.39, 0.29) is 13.2 Å². The summed E-state index contributed by atoms with van der Waals surface area (Å²) in [6.45, 7) is 0.816. The highest BCUT2D eigenvalue weighted by Crippen LogP contribution is 2.29. The minimum atomic E-state index is -0.670. The highest BCUT2D eigenvalue weighted by molar-refractivity contribution is 6.35. The van der Waals surface area contributed by atoms with E-state index in [1.54, 1.807) is 0 Å². The lowest BCUT2D eigenvalue weighted by atomic mass is 10.1. The maximum absolute atomic E-state index is 11.9. The monoisotopic (exact) mass is 374 g/mol. The lowest BCUT2D eigenvalue weighted by molar-refractivity contribution is -0.139. The molecule has 0 unspecified atom stereocenters. The molecule has 0 saturated heterocycles. The van der Waals surface area contributed by atoms with Crippen molar-refractivity contribution < 1.29 is 14.3 Å². The Bertz CT molecular complexity index is 911. The molecule has 2 amide bonds. The molecule has 5 nitrogen and oxygen atoms in total. The van der Waals surface area contributed by atoms with Crippen molar-refractivity contribution in [2.24, 2.45) is 0 Å². The summed E-state index contributed by atoms with van der Waals surface area (Å²) in [4.78, 5) is 23.7. The van der Waals surface area contributed by atoms with E-state index in [1.807, 2.05) is 84.9 Å². The second kappa shape index (κ2) is 9.92. The number of carbonyl (C=O) groups is 2. The maximum atomic E-state index is 11.9. The number of ether oxygens (including phenoxy) is 1. The van der Waals surface area contributed by atoms with Crippen LogP contribution in [0.3, 0.4) is 0 Å². The molecule has 0 radical (unpaired) electrons. The number of nitrogens with one attached hydrogen (secondary N) is 2. The third-order valence-corrected chi connectivity index (χ3v) is 4.12. The van der Waals surface area contributed by atoms with Crippen LogP contribution in [0.1, 0.15) is 5.56 Å². The van der Waals surface area contributed by atoms with Crippen molar-refractivity contribution in [3.05, 3.63) is 90.5 Å². The zero-order valence-electron chi connectivity index (χ0n) is 15.4. The Morgan fingerprint density at radius 1 is 0.714 bits per heavy atom. The van der Waals surface area contributed by atoms with Crippen molar-refractivity contribution >= 4 is 11.8 Å². The number of amides is 2. The summed E-state index contributed by atoms with van der Waals surface area (Å²) in [7, 11) is 0. The van der Waals surface area contributed by atoms with E-state index in [0.717, 1.165) is 22.4 Å². The van der Waals surface area contributed by atoms with Crippen LogP contribution in [0.15, 0.2) is 84.9 Å². The number of rotatable bonds is 7. The van der Waals surface area contributed by atoms with Crippen LogP contribution in [0.4, 0.5) is 0 Å². The van der Waals surface area contributed by atoms with Crippen molar-refractivity contribution in [2.45, 2.75) is 6.54 Å². The van der Waals surface area contributed by atoms with E-state index in [0.29, 0.717) is 6.54 Å². The molecule has 5 heteroatoms. The van der Waals surface area contributed by atoms with Gasteiger partial charge in [-0.2, -0.15) is 0 Å². The van der Waals surface area contributed by atoms with Crippen LogP contribution in [-0.2, 0) is 16.1 Å². The van der Waals surface area contributed by atoms with Crippen LogP contribution in [0.25, 0.3) is 11.1 Å². The molecule has 0 aromatic heterocycles. The largest absolute Gasteiger partial charge is 0.491 e. The molecular weight excluding hydrogens is 352 g/mol. The van der Waals surface area contributed by atoms with Crippen LogP contribution in [0.2, 0.25) is 0 Å². The number of hydrogen-bond acceptors (Lipinski definition) is 3. The van der Waals surface area contributed by atoms with E-state index < -0.39 is 11.8 Å². The fourth-order valence-corrected chi connectivity index (χ4v) is 2.71. The number of hydrogen-bond donors (Lipinski definition) is 2. The van der Waals surface area contributed by atoms with E-state index in [4.69, 9.17) is 4.74 Å². The van der Waals surface area contributed by atoms with Crippen molar-refractivity contribution in [3.63, 3.8) is 0 Å². The molecule has 3 rings (SSSR count). The van der Waals surface area contributed by atoms with Crippen molar-refractivity contribution in [1.82, 2.24) is 10.6 Å². The first kappa shape index (κ1) is 19.2. The minimum Gasteiger partial charge on any atom is -0.491 e. The molecule has 0 bridgehead atoms. The van der Waals surface area contributed by atoms with Gasteiger partial charge >= 0.3 is 11.8 Å². The quantitative estimate of drug-likeness (QED) is 0.493. The normalized spacial score (nSPS) is 10.1. The number of carbonyl (C=O) groups excluding carboxylic acids is 2. The average molecular weight is 374 g/mol. The van der Waals surface area contributed by atoms with Gasteiger partial charge in [-0.3, -0.25) is 9.59 Å². The van der Waals surface area contributed by atoms with Gasteiger partial charge < -0.3 is 15.4 Å². The fraction of sp³-hybridized carbons (Fsp3) is 0.130. The molecule has 28 heavy (non-hydrogen) atoms. The van der Waals surface area contributed by atoms with Crippen LogP contribution in [0.5, 0.6) is 5.75 Å². The standard InChI is InChI=1S/C23H22N2O3/c26-22(23(27)25-17-18-9-3-1-4-10-18)24-15-16-28-21-14-8-7-13-20(21)19-11-5-2-6-12-19/h1-14H,15-17H2,(H,24,26)(H,25,27). The first-order valence-electron chi connectivity index (χ1n) is 9.11. The minimum absolute atomic E-state index is 0.237. The maximum Gasteiger partial charge on any atom is 0.309 e. The van der Waals surface area contributed by atoms with Crippen LogP contribution < -0.4 is 15.4 Å². The Hall–Kier alpha value is -3.60. The van der Waals surface area contributed by atoms with Gasteiger partial charge in [0.1, 0.15) is 12.4 Å². The van der Waals surface area contributed by atoms with Gasteiger partial charge in [-0.25, -0.2) is 0 Å². The van der Waals surface area contributed by atoms with Crippen LogP contribution in [0, 0.1) is 0 Å². The Kier molecular flexibility index (Phi) is 6.79. The van der Waals surface area contributed by atoms with E-state index >= 15 is 0 Å². The molecule has 0 fully saturated rings. The summed E-state index contributed by atoms with van der Waals surface area (Å²) in [5.41, 5.74) is 2.97.